The Hall–Kier alpha value is -0.940. The van der Waals surface area contributed by atoms with Crippen LogP contribution in [-0.4, -0.2) is 54.1 Å². The lowest BCUT2D eigenvalue weighted by Crippen LogP contribution is -2.40. The van der Waals surface area contributed by atoms with E-state index in [1.165, 1.54) is 0 Å². The Kier molecular flexibility index (Phi) is 6.64. The molecular weight excluding hydrogens is 266 g/mol. The van der Waals surface area contributed by atoms with E-state index in [0.29, 0.717) is 19.1 Å². The van der Waals surface area contributed by atoms with E-state index in [9.17, 15) is 5.11 Å². The molecule has 1 heterocycles. The number of hydrogen-bond donors (Lipinski definition) is 2. The van der Waals surface area contributed by atoms with Crippen LogP contribution in [0.4, 0.5) is 0 Å². The van der Waals surface area contributed by atoms with Crippen molar-refractivity contribution in [2.24, 2.45) is 5.92 Å². The topological polar surface area (TPSA) is 52.9 Å². The zero-order valence-corrected chi connectivity index (χ0v) is 12.8. The lowest BCUT2D eigenvalue weighted by molar-refractivity contribution is -0.0202. The van der Waals surface area contributed by atoms with Crippen LogP contribution in [-0.2, 0) is 4.74 Å². The van der Waals surface area contributed by atoms with Crippen LogP contribution in [0.5, 0.6) is 0 Å². The van der Waals surface area contributed by atoms with E-state index in [1.807, 2.05) is 37.3 Å². The molecule has 0 bridgehead atoms. The average molecular weight is 293 g/mol. The first-order valence-electron chi connectivity index (χ1n) is 7.87. The van der Waals surface area contributed by atoms with Crippen molar-refractivity contribution >= 4 is 0 Å². The molecule has 4 heteroatoms. The van der Waals surface area contributed by atoms with E-state index in [-0.39, 0.29) is 12.7 Å². The third-order valence-corrected chi connectivity index (χ3v) is 4.24. The Morgan fingerprint density at radius 3 is 2.52 bits per heavy atom. The minimum atomic E-state index is -0.457. The molecule has 2 unspecified atom stereocenters. The van der Waals surface area contributed by atoms with Crippen LogP contribution in [0.3, 0.4) is 0 Å². The van der Waals surface area contributed by atoms with Gasteiger partial charge in [0.25, 0.3) is 0 Å². The first-order valence-corrected chi connectivity index (χ1v) is 7.87. The van der Waals surface area contributed by atoms with Gasteiger partial charge in [0.05, 0.1) is 18.8 Å². The van der Waals surface area contributed by atoms with Gasteiger partial charge in [-0.25, -0.2) is 0 Å². The van der Waals surface area contributed by atoms with Gasteiger partial charge in [-0.05, 0) is 44.3 Å². The number of β-amino-alcohol motifs (C(OH)–C–C–N with tert-alkyl or cyclic N) is 1. The fraction of sp³-hybridized carbons (Fsp3) is 0.647. The van der Waals surface area contributed by atoms with Gasteiger partial charge >= 0.3 is 0 Å². The molecule has 1 aliphatic rings. The van der Waals surface area contributed by atoms with Crippen LogP contribution in [0.2, 0.25) is 0 Å². The van der Waals surface area contributed by atoms with Crippen molar-refractivity contribution in [1.29, 1.82) is 0 Å². The zero-order chi connectivity index (χ0) is 15.1. The number of nitrogens with zero attached hydrogens (tertiary/aromatic N) is 1. The second-order valence-electron chi connectivity index (χ2n) is 5.97. The van der Waals surface area contributed by atoms with E-state index in [1.54, 1.807) is 0 Å². The van der Waals surface area contributed by atoms with Gasteiger partial charge in [0.2, 0.25) is 0 Å². The van der Waals surface area contributed by atoms with Gasteiger partial charge in [-0.15, -0.1) is 0 Å². The largest absolute Gasteiger partial charge is 0.396 e. The summed E-state index contributed by atoms with van der Waals surface area (Å²) < 4.78 is 5.76. The molecule has 0 spiro atoms. The molecule has 1 aromatic carbocycles. The van der Waals surface area contributed by atoms with Crippen molar-refractivity contribution in [2.45, 2.75) is 32.0 Å². The third kappa shape index (κ3) is 5.40. The predicted octanol–water partition coefficient (Wildman–Crippen LogP) is 1.83. The normalized spacial score (nSPS) is 20.3. The average Bonchev–Trinajstić information content (AvgIpc) is 2.54. The Morgan fingerprint density at radius 2 is 1.90 bits per heavy atom. The molecule has 0 amide bonds. The van der Waals surface area contributed by atoms with Gasteiger partial charge in [0, 0.05) is 13.2 Å². The summed E-state index contributed by atoms with van der Waals surface area (Å²) in [4.78, 5) is 2.26. The number of aliphatic hydroxyl groups is 2. The van der Waals surface area contributed by atoms with Gasteiger partial charge in [-0.1, -0.05) is 30.3 Å². The van der Waals surface area contributed by atoms with Crippen molar-refractivity contribution in [2.75, 3.05) is 32.8 Å². The SMILES string of the molecule is CC(OCC(O)CN1CCC(CO)CC1)c1ccccc1. The predicted molar refractivity (Wildman–Crippen MR) is 83.1 cm³/mol. The highest BCUT2D eigenvalue weighted by atomic mass is 16.5. The maximum atomic E-state index is 10.1. The molecule has 0 aromatic heterocycles. The third-order valence-electron chi connectivity index (χ3n) is 4.24. The number of rotatable bonds is 7. The van der Waals surface area contributed by atoms with Crippen LogP contribution < -0.4 is 0 Å². The fourth-order valence-corrected chi connectivity index (χ4v) is 2.78. The highest BCUT2D eigenvalue weighted by Gasteiger charge is 2.20. The number of aliphatic hydroxyl groups excluding tert-OH is 2. The maximum absolute atomic E-state index is 10.1. The van der Waals surface area contributed by atoms with Gasteiger partial charge in [-0.2, -0.15) is 0 Å². The van der Waals surface area contributed by atoms with Crippen LogP contribution in [0.25, 0.3) is 0 Å². The van der Waals surface area contributed by atoms with E-state index in [4.69, 9.17) is 9.84 Å². The number of ether oxygens (including phenoxy) is 1. The van der Waals surface area contributed by atoms with Crippen molar-refractivity contribution in [1.82, 2.24) is 4.90 Å². The van der Waals surface area contributed by atoms with E-state index >= 15 is 0 Å². The highest BCUT2D eigenvalue weighted by Crippen LogP contribution is 2.18. The van der Waals surface area contributed by atoms with Crippen molar-refractivity contribution in [3.63, 3.8) is 0 Å². The van der Waals surface area contributed by atoms with Gasteiger partial charge in [0.15, 0.2) is 0 Å². The maximum Gasteiger partial charge on any atom is 0.0900 e. The van der Waals surface area contributed by atoms with E-state index < -0.39 is 6.10 Å². The molecule has 1 fully saturated rings. The lowest BCUT2D eigenvalue weighted by atomic mass is 9.98. The Labute approximate surface area is 127 Å². The van der Waals surface area contributed by atoms with Crippen molar-refractivity contribution in [3.05, 3.63) is 35.9 Å². The quantitative estimate of drug-likeness (QED) is 0.805. The lowest BCUT2D eigenvalue weighted by Gasteiger charge is -2.32. The molecule has 1 saturated heterocycles. The number of benzene rings is 1. The first kappa shape index (κ1) is 16.4. The second-order valence-corrected chi connectivity index (χ2v) is 5.97. The molecule has 2 rings (SSSR count). The van der Waals surface area contributed by atoms with Crippen LogP contribution in [0, 0.1) is 5.92 Å². The standard InChI is InChI=1S/C17H27NO3/c1-14(16-5-3-2-4-6-16)21-13-17(20)11-18-9-7-15(12-19)8-10-18/h2-6,14-15,17,19-20H,7-13H2,1H3. The number of hydrogen-bond acceptors (Lipinski definition) is 4. The molecule has 21 heavy (non-hydrogen) atoms. The molecule has 2 atom stereocenters. The van der Waals surface area contributed by atoms with Gasteiger partial charge in [-0.3, -0.25) is 0 Å². The second kappa shape index (κ2) is 8.49. The number of likely N-dealkylation sites (tertiary alicyclic amines) is 1. The molecule has 2 N–H and O–H groups in total. The molecule has 0 aliphatic carbocycles. The summed E-state index contributed by atoms with van der Waals surface area (Å²) in [5, 5.41) is 19.2. The Balaban J connectivity index is 1.67. The minimum absolute atomic E-state index is 0.000903. The molecule has 1 aliphatic heterocycles. The van der Waals surface area contributed by atoms with Crippen LogP contribution in [0.15, 0.2) is 30.3 Å². The first-order chi connectivity index (χ1) is 10.2. The summed E-state index contributed by atoms with van der Waals surface area (Å²) >= 11 is 0. The Bertz CT molecular complexity index is 390. The fourth-order valence-electron chi connectivity index (χ4n) is 2.78. The number of piperidine rings is 1. The van der Waals surface area contributed by atoms with Crippen LogP contribution in [0.1, 0.15) is 31.4 Å². The summed E-state index contributed by atoms with van der Waals surface area (Å²) in [7, 11) is 0. The van der Waals surface area contributed by atoms with Gasteiger partial charge < -0.3 is 19.8 Å². The molecule has 0 saturated carbocycles. The summed E-state index contributed by atoms with van der Waals surface area (Å²) in [6.07, 6.45) is 1.58. The monoisotopic (exact) mass is 293 g/mol. The molecular formula is C17H27NO3. The van der Waals surface area contributed by atoms with Crippen molar-refractivity contribution < 1.29 is 14.9 Å². The molecule has 118 valence electrons. The van der Waals surface area contributed by atoms with Gasteiger partial charge in [0.1, 0.15) is 0 Å². The molecule has 4 nitrogen and oxygen atoms in total. The zero-order valence-electron chi connectivity index (χ0n) is 12.8. The summed E-state index contributed by atoms with van der Waals surface area (Å²) in [6.45, 7) is 5.21. The van der Waals surface area contributed by atoms with E-state index in [0.717, 1.165) is 31.5 Å². The van der Waals surface area contributed by atoms with E-state index in [2.05, 4.69) is 4.90 Å². The molecule has 1 aromatic rings. The summed E-state index contributed by atoms with van der Waals surface area (Å²) in [5.74, 6) is 0.438. The summed E-state index contributed by atoms with van der Waals surface area (Å²) in [6, 6.07) is 10.1. The minimum Gasteiger partial charge on any atom is -0.396 e. The smallest absolute Gasteiger partial charge is 0.0900 e. The summed E-state index contributed by atoms with van der Waals surface area (Å²) in [5.41, 5.74) is 1.13. The van der Waals surface area contributed by atoms with Crippen molar-refractivity contribution in [3.8, 4) is 0 Å². The molecule has 0 radical (unpaired) electrons. The van der Waals surface area contributed by atoms with Crippen LogP contribution >= 0.6 is 0 Å². The highest BCUT2D eigenvalue weighted by molar-refractivity contribution is 5.16. The Morgan fingerprint density at radius 1 is 1.24 bits per heavy atom.